The Labute approximate surface area is 189 Å². The zero-order valence-electron chi connectivity index (χ0n) is 17.3. The molecular weight excluding hydrogens is 493 g/mol. The minimum atomic E-state index is -5.83. The third kappa shape index (κ3) is 4.39. The molecule has 1 amide bonds. The van der Waals surface area contributed by atoms with E-state index in [-0.39, 0.29) is 39.1 Å². The van der Waals surface area contributed by atoms with E-state index in [9.17, 15) is 35.2 Å². The Morgan fingerprint density at radius 1 is 1.24 bits per heavy atom. The Kier molecular flexibility index (Phi) is 5.96. The van der Waals surface area contributed by atoms with Crippen LogP contribution in [0.2, 0.25) is 0 Å². The highest BCUT2D eigenvalue weighted by Gasteiger charge is 2.60. The van der Waals surface area contributed by atoms with E-state index in [1.807, 2.05) is 6.07 Å². The van der Waals surface area contributed by atoms with Crippen molar-refractivity contribution in [3.05, 3.63) is 33.6 Å². The molecule has 0 spiro atoms. The van der Waals surface area contributed by atoms with Crippen LogP contribution < -0.4 is 9.64 Å². The lowest BCUT2D eigenvalue weighted by atomic mass is 10.2. The molecule has 0 atom stereocenters. The molecule has 0 fully saturated rings. The second-order valence-electron chi connectivity index (χ2n) is 7.55. The van der Waals surface area contributed by atoms with Crippen molar-refractivity contribution in [2.24, 2.45) is 0 Å². The van der Waals surface area contributed by atoms with Gasteiger partial charge in [0.25, 0.3) is 5.91 Å². The first-order valence-corrected chi connectivity index (χ1v) is 11.7. The van der Waals surface area contributed by atoms with E-state index in [0.29, 0.717) is 6.07 Å². The second-order valence-corrected chi connectivity index (χ2v) is 10.8. The standard InChI is InChI=1S/C19H16F5N3O4S2/c1-4-33(29,30)12-6-11(31-17(2,3)9-25)7-26-15(12)27-8-10-5-13(32-14(10)16(27)28)18(20,21)19(22,23)24/h5-7H,4,8H2,1-3H3. The third-order valence-electron chi connectivity index (χ3n) is 4.66. The van der Waals surface area contributed by atoms with Crippen LogP contribution in [0.25, 0.3) is 0 Å². The molecule has 1 aliphatic heterocycles. The number of carbonyl (C=O) groups is 1. The van der Waals surface area contributed by atoms with Gasteiger partial charge in [-0.1, -0.05) is 6.92 Å². The number of rotatable bonds is 6. The first kappa shape index (κ1) is 24.8. The zero-order valence-corrected chi connectivity index (χ0v) is 19.0. The minimum Gasteiger partial charge on any atom is -0.471 e. The molecule has 33 heavy (non-hydrogen) atoms. The van der Waals surface area contributed by atoms with Gasteiger partial charge in [0, 0.05) is 6.07 Å². The fraction of sp³-hybridized carbons (Fsp3) is 0.421. The monoisotopic (exact) mass is 509 g/mol. The van der Waals surface area contributed by atoms with Crippen LogP contribution in [0.1, 0.15) is 40.9 Å². The van der Waals surface area contributed by atoms with Crippen molar-refractivity contribution in [2.45, 2.75) is 49.9 Å². The minimum absolute atomic E-state index is 0.00373. The normalized spacial score (nSPS) is 14.9. The van der Waals surface area contributed by atoms with Gasteiger partial charge in [0.2, 0.25) is 0 Å². The van der Waals surface area contributed by atoms with E-state index < -0.39 is 49.8 Å². The Morgan fingerprint density at radius 2 is 1.88 bits per heavy atom. The maximum absolute atomic E-state index is 13.7. The Hall–Kier alpha value is -2.79. The van der Waals surface area contributed by atoms with Crippen LogP contribution in [0.5, 0.6) is 5.75 Å². The molecule has 0 bridgehead atoms. The maximum Gasteiger partial charge on any atom is 0.458 e. The largest absolute Gasteiger partial charge is 0.471 e. The number of nitriles is 1. The van der Waals surface area contributed by atoms with Gasteiger partial charge in [0.15, 0.2) is 21.3 Å². The molecule has 3 heterocycles. The number of alkyl halides is 5. The van der Waals surface area contributed by atoms with Crippen molar-refractivity contribution in [2.75, 3.05) is 10.7 Å². The number of hydrogen-bond donors (Lipinski definition) is 0. The number of ether oxygens (including phenoxy) is 1. The van der Waals surface area contributed by atoms with E-state index in [2.05, 4.69) is 4.98 Å². The molecule has 2 aromatic heterocycles. The highest BCUT2D eigenvalue weighted by molar-refractivity contribution is 7.91. The van der Waals surface area contributed by atoms with Crippen molar-refractivity contribution < 1.29 is 39.9 Å². The second kappa shape index (κ2) is 7.91. The molecule has 0 unspecified atom stereocenters. The Bertz CT molecular complexity index is 1260. The predicted molar refractivity (Wildman–Crippen MR) is 107 cm³/mol. The molecule has 2 aromatic rings. The number of carbonyl (C=O) groups excluding carboxylic acids is 1. The molecule has 7 nitrogen and oxygen atoms in total. The fourth-order valence-electron chi connectivity index (χ4n) is 2.94. The van der Waals surface area contributed by atoms with Gasteiger partial charge in [-0.2, -0.15) is 27.2 Å². The molecule has 14 heteroatoms. The number of sulfone groups is 1. The summed E-state index contributed by atoms with van der Waals surface area (Å²) in [7, 11) is -3.98. The summed E-state index contributed by atoms with van der Waals surface area (Å²) in [5.41, 5.74) is -1.42. The lowest BCUT2D eigenvalue weighted by Crippen LogP contribution is -2.33. The average Bonchev–Trinajstić information content (AvgIpc) is 3.27. The predicted octanol–water partition coefficient (Wildman–Crippen LogP) is 4.43. The number of aromatic nitrogens is 1. The van der Waals surface area contributed by atoms with Crippen LogP contribution >= 0.6 is 11.3 Å². The molecule has 0 saturated heterocycles. The summed E-state index contributed by atoms with van der Waals surface area (Å²) < 4.78 is 96.1. The lowest BCUT2D eigenvalue weighted by molar-refractivity contribution is -0.287. The SMILES string of the molecule is CCS(=O)(=O)c1cc(OC(C)(C)C#N)cnc1N1Cc2cc(C(F)(F)C(F)(F)F)sc2C1=O. The molecule has 0 aliphatic carbocycles. The summed E-state index contributed by atoms with van der Waals surface area (Å²) in [6.07, 6.45) is -4.74. The summed E-state index contributed by atoms with van der Waals surface area (Å²) in [5.74, 6) is -6.85. The van der Waals surface area contributed by atoms with Crippen LogP contribution in [-0.2, 0) is 22.3 Å². The molecular formula is C19H16F5N3O4S2. The summed E-state index contributed by atoms with van der Waals surface area (Å²) in [6, 6.07) is 3.55. The van der Waals surface area contributed by atoms with E-state index in [1.165, 1.54) is 20.8 Å². The van der Waals surface area contributed by atoms with Crippen LogP contribution in [-0.4, -0.2) is 36.8 Å². The van der Waals surface area contributed by atoms with Crippen LogP contribution in [0.4, 0.5) is 27.8 Å². The quantitative estimate of drug-likeness (QED) is 0.534. The number of nitrogens with zero attached hydrogens (tertiary/aromatic N) is 3. The van der Waals surface area contributed by atoms with Crippen molar-refractivity contribution >= 4 is 32.9 Å². The molecule has 0 N–H and O–H groups in total. The zero-order chi connectivity index (χ0) is 25.0. The topological polar surface area (TPSA) is 100 Å². The van der Waals surface area contributed by atoms with Crippen molar-refractivity contribution in [1.29, 1.82) is 5.26 Å². The van der Waals surface area contributed by atoms with Crippen LogP contribution in [0.3, 0.4) is 0 Å². The van der Waals surface area contributed by atoms with Gasteiger partial charge in [-0.3, -0.25) is 9.69 Å². The number of pyridine rings is 1. The number of anilines is 1. The van der Waals surface area contributed by atoms with Gasteiger partial charge in [0.1, 0.15) is 16.7 Å². The van der Waals surface area contributed by atoms with Crippen molar-refractivity contribution in [1.82, 2.24) is 4.98 Å². The van der Waals surface area contributed by atoms with E-state index >= 15 is 0 Å². The van der Waals surface area contributed by atoms with Gasteiger partial charge in [-0.25, -0.2) is 13.4 Å². The molecule has 0 saturated carbocycles. The smallest absolute Gasteiger partial charge is 0.458 e. The number of thiophene rings is 1. The first-order chi connectivity index (χ1) is 15.0. The number of halogens is 5. The lowest BCUT2D eigenvalue weighted by Gasteiger charge is -2.22. The van der Waals surface area contributed by atoms with Crippen molar-refractivity contribution in [3.63, 3.8) is 0 Å². The number of fused-ring (bicyclic) bond motifs is 1. The number of hydrogen-bond acceptors (Lipinski definition) is 7. The number of amides is 1. The van der Waals surface area contributed by atoms with Gasteiger partial charge >= 0.3 is 12.1 Å². The summed E-state index contributed by atoms with van der Waals surface area (Å²) in [6.45, 7) is 3.78. The first-order valence-electron chi connectivity index (χ1n) is 9.26. The molecule has 3 rings (SSSR count). The molecule has 0 aromatic carbocycles. The van der Waals surface area contributed by atoms with Crippen molar-refractivity contribution in [3.8, 4) is 11.8 Å². The highest BCUT2D eigenvalue weighted by Crippen LogP contribution is 2.48. The average molecular weight is 509 g/mol. The summed E-state index contributed by atoms with van der Waals surface area (Å²) in [5, 5.41) is 9.11. The fourth-order valence-corrected chi connectivity index (χ4v) is 5.10. The third-order valence-corrected chi connectivity index (χ3v) is 7.63. The van der Waals surface area contributed by atoms with E-state index in [1.54, 1.807) is 0 Å². The highest BCUT2D eigenvalue weighted by atomic mass is 32.2. The maximum atomic E-state index is 13.7. The Balaban J connectivity index is 2.03. The Morgan fingerprint density at radius 3 is 2.39 bits per heavy atom. The molecule has 0 radical (unpaired) electrons. The van der Waals surface area contributed by atoms with Crippen LogP contribution in [0, 0.1) is 11.3 Å². The van der Waals surface area contributed by atoms with Gasteiger partial charge in [-0.05, 0) is 25.5 Å². The summed E-state index contributed by atoms with van der Waals surface area (Å²) >= 11 is -0.00373. The van der Waals surface area contributed by atoms with E-state index in [0.717, 1.165) is 17.2 Å². The van der Waals surface area contributed by atoms with Crippen LogP contribution in [0.15, 0.2) is 23.2 Å². The van der Waals surface area contributed by atoms with Gasteiger partial charge < -0.3 is 4.74 Å². The van der Waals surface area contributed by atoms with Gasteiger partial charge in [-0.15, -0.1) is 11.3 Å². The van der Waals surface area contributed by atoms with Gasteiger partial charge in [0.05, 0.1) is 28.2 Å². The summed E-state index contributed by atoms with van der Waals surface area (Å²) in [4.78, 5) is 15.6. The van der Waals surface area contributed by atoms with E-state index in [4.69, 9.17) is 10.00 Å². The molecule has 178 valence electrons. The molecule has 1 aliphatic rings.